The minimum absolute atomic E-state index is 0.0584. The lowest BCUT2D eigenvalue weighted by molar-refractivity contribution is -0.384. The molecule has 0 amide bonds. The van der Waals surface area contributed by atoms with Crippen molar-refractivity contribution < 1.29 is 9.66 Å². The molecule has 0 aliphatic carbocycles. The largest absolute Gasteiger partial charge is 0.453 e. The Labute approximate surface area is 130 Å². The van der Waals surface area contributed by atoms with Crippen LogP contribution in [-0.4, -0.2) is 16.5 Å². The van der Waals surface area contributed by atoms with E-state index in [0.717, 1.165) is 12.2 Å². The number of nitro groups is 1. The van der Waals surface area contributed by atoms with Gasteiger partial charge in [0.15, 0.2) is 5.75 Å². The molecule has 110 valence electrons. The van der Waals surface area contributed by atoms with Crippen molar-refractivity contribution in [2.45, 2.75) is 6.92 Å². The molecule has 0 saturated heterocycles. The van der Waals surface area contributed by atoms with E-state index >= 15 is 0 Å². The maximum Gasteiger partial charge on any atom is 0.272 e. The van der Waals surface area contributed by atoms with Gasteiger partial charge in [0, 0.05) is 24.7 Å². The van der Waals surface area contributed by atoms with Gasteiger partial charge >= 0.3 is 0 Å². The molecule has 0 bridgehead atoms. The Morgan fingerprint density at radius 3 is 2.52 bits per heavy atom. The second kappa shape index (κ2) is 6.60. The van der Waals surface area contributed by atoms with Gasteiger partial charge in [-0.1, -0.05) is 23.2 Å². The van der Waals surface area contributed by atoms with E-state index in [2.05, 4.69) is 10.3 Å². The molecular formula is C13H11Cl2N3O3. The first-order valence-electron chi connectivity index (χ1n) is 6.01. The first kappa shape index (κ1) is 15.3. The van der Waals surface area contributed by atoms with Crippen molar-refractivity contribution in [1.29, 1.82) is 0 Å². The first-order chi connectivity index (χ1) is 10.0. The number of benzene rings is 1. The van der Waals surface area contributed by atoms with Crippen LogP contribution in [0.2, 0.25) is 10.0 Å². The maximum atomic E-state index is 10.7. The van der Waals surface area contributed by atoms with Crippen LogP contribution in [0.3, 0.4) is 0 Å². The number of hydrogen-bond donors (Lipinski definition) is 1. The van der Waals surface area contributed by atoms with Crippen LogP contribution in [0.15, 0.2) is 30.6 Å². The SMILES string of the molecule is CCNc1cncc(Oc2c(Cl)cc([N+](=O)[O-])cc2Cl)c1. The third-order valence-corrected chi connectivity index (χ3v) is 3.07. The van der Waals surface area contributed by atoms with Gasteiger partial charge in [-0.25, -0.2) is 0 Å². The van der Waals surface area contributed by atoms with Crippen LogP contribution in [0.5, 0.6) is 11.5 Å². The molecule has 1 aromatic heterocycles. The Morgan fingerprint density at radius 1 is 1.29 bits per heavy atom. The van der Waals surface area contributed by atoms with E-state index in [9.17, 15) is 10.1 Å². The van der Waals surface area contributed by atoms with E-state index < -0.39 is 4.92 Å². The van der Waals surface area contributed by atoms with Gasteiger partial charge < -0.3 is 10.1 Å². The lowest BCUT2D eigenvalue weighted by atomic mass is 10.3. The summed E-state index contributed by atoms with van der Waals surface area (Å²) in [6, 6.07) is 4.10. The molecule has 0 radical (unpaired) electrons. The molecular weight excluding hydrogens is 317 g/mol. The summed E-state index contributed by atoms with van der Waals surface area (Å²) in [4.78, 5) is 14.2. The molecule has 0 atom stereocenters. The van der Waals surface area contributed by atoms with E-state index in [1.54, 1.807) is 12.3 Å². The highest BCUT2D eigenvalue weighted by atomic mass is 35.5. The minimum atomic E-state index is -0.575. The van der Waals surface area contributed by atoms with Gasteiger partial charge in [0.2, 0.25) is 0 Å². The zero-order chi connectivity index (χ0) is 15.4. The molecule has 6 nitrogen and oxygen atoms in total. The Hall–Kier alpha value is -2.05. The fourth-order valence-electron chi connectivity index (χ4n) is 1.64. The molecule has 2 aromatic rings. The summed E-state index contributed by atoms with van der Waals surface area (Å²) in [7, 11) is 0. The third kappa shape index (κ3) is 3.74. The predicted octanol–water partition coefficient (Wildman–Crippen LogP) is 4.52. The van der Waals surface area contributed by atoms with E-state index in [4.69, 9.17) is 27.9 Å². The summed E-state index contributed by atoms with van der Waals surface area (Å²) in [6.45, 7) is 2.70. The van der Waals surface area contributed by atoms with Crippen LogP contribution in [0.1, 0.15) is 6.92 Å². The number of nitro benzene ring substituents is 1. The standard InChI is InChI=1S/C13H11Cl2N3O3/c1-2-17-8-3-10(7-16-6-8)21-13-11(14)4-9(18(19)20)5-12(13)15/h3-7,17H,2H2,1H3. The number of hydrogen-bond acceptors (Lipinski definition) is 5. The normalized spacial score (nSPS) is 10.2. The summed E-state index contributed by atoms with van der Waals surface area (Å²) in [5, 5.41) is 13.9. The van der Waals surface area contributed by atoms with Crippen molar-refractivity contribution in [3.63, 3.8) is 0 Å². The number of anilines is 1. The molecule has 0 fully saturated rings. The molecule has 0 unspecified atom stereocenters. The fraction of sp³-hybridized carbons (Fsp3) is 0.154. The van der Waals surface area contributed by atoms with Crippen LogP contribution in [-0.2, 0) is 0 Å². The van der Waals surface area contributed by atoms with Gasteiger partial charge in [0.1, 0.15) is 5.75 Å². The lowest BCUT2D eigenvalue weighted by Crippen LogP contribution is -1.97. The number of non-ortho nitro benzene ring substituents is 1. The molecule has 0 aliphatic rings. The van der Waals surface area contributed by atoms with Gasteiger partial charge in [-0.3, -0.25) is 15.1 Å². The van der Waals surface area contributed by atoms with Crippen molar-refractivity contribution in [3.05, 3.63) is 50.8 Å². The van der Waals surface area contributed by atoms with Gasteiger partial charge in [-0.05, 0) is 6.92 Å². The van der Waals surface area contributed by atoms with Crippen molar-refractivity contribution in [1.82, 2.24) is 4.98 Å². The summed E-state index contributed by atoms with van der Waals surface area (Å²) in [5.41, 5.74) is 0.584. The molecule has 0 aliphatic heterocycles. The van der Waals surface area contributed by atoms with E-state index in [1.165, 1.54) is 18.3 Å². The molecule has 8 heteroatoms. The number of rotatable bonds is 5. The Balaban J connectivity index is 2.31. The Bertz CT molecular complexity index is 656. The van der Waals surface area contributed by atoms with Gasteiger partial charge in [0.05, 0.1) is 33.0 Å². The number of nitrogens with zero attached hydrogens (tertiary/aromatic N) is 2. The number of aromatic nitrogens is 1. The van der Waals surface area contributed by atoms with Crippen LogP contribution >= 0.6 is 23.2 Å². The van der Waals surface area contributed by atoms with Crippen LogP contribution in [0.4, 0.5) is 11.4 Å². The summed E-state index contributed by atoms with van der Waals surface area (Å²) < 4.78 is 5.57. The second-order valence-electron chi connectivity index (χ2n) is 4.04. The molecule has 2 rings (SSSR count). The van der Waals surface area contributed by atoms with Gasteiger partial charge in [-0.2, -0.15) is 0 Å². The number of nitrogens with one attached hydrogen (secondary N) is 1. The number of ether oxygens (including phenoxy) is 1. The molecule has 1 aromatic carbocycles. The molecule has 1 heterocycles. The molecule has 0 saturated carbocycles. The summed E-state index contributed by atoms with van der Waals surface area (Å²) in [5.74, 6) is 0.575. The number of halogens is 2. The van der Waals surface area contributed by atoms with Gasteiger partial charge in [0.25, 0.3) is 5.69 Å². The highest BCUT2D eigenvalue weighted by molar-refractivity contribution is 6.37. The monoisotopic (exact) mass is 327 g/mol. The highest BCUT2D eigenvalue weighted by Crippen LogP contribution is 2.39. The Kier molecular flexibility index (Phi) is 4.82. The van der Waals surface area contributed by atoms with Crippen LogP contribution < -0.4 is 10.1 Å². The average molecular weight is 328 g/mol. The van der Waals surface area contributed by atoms with Crippen LogP contribution in [0, 0.1) is 10.1 Å². The van der Waals surface area contributed by atoms with E-state index in [-0.39, 0.29) is 21.5 Å². The molecule has 1 N–H and O–H groups in total. The zero-order valence-electron chi connectivity index (χ0n) is 11.0. The van der Waals surface area contributed by atoms with Crippen molar-refractivity contribution >= 4 is 34.6 Å². The van der Waals surface area contributed by atoms with E-state index in [0.29, 0.717) is 5.75 Å². The first-order valence-corrected chi connectivity index (χ1v) is 6.77. The van der Waals surface area contributed by atoms with Crippen LogP contribution in [0.25, 0.3) is 0 Å². The summed E-state index contributed by atoms with van der Waals surface area (Å²) in [6.07, 6.45) is 3.14. The quantitative estimate of drug-likeness (QED) is 0.645. The number of pyridine rings is 1. The highest BCUT2D eigenvalue weighted by Gasteiger charge is 2.16. The summed E-state index contributed by atoms with van der Waals surface area (Å²) >= 11 is 12.0. The predicted molar refractivity (Wildman–Crippen MR) is 81.6 cm³/mol. The van der Waals surface area contributed by atoms with Crippen molar-refractivity contribution in [2.24, 2.45) is 0 Å². The lowest BCUT2D eigenvalue weighted by Gasteiger charge is -2.10. The van der Waals surface area contributed by atoms with E-state index in [1.807, 2.05) is 6.92 Å². The third-order valence-electron chi connectivity index (χ3n) is 2.51. The smallest absolute Gasteiger partial charge is 0.272 e. The fourth-order valence-corrected chi connectivity index (χ4v) is 2.20. The maximum absolute atomic E-state index is 10.7. The zero-order valence-corrected chi connectivity index (χ0v) is 12.5. The molecule has 0 spiro atoms. The molecule has 21 heavy (non-hydrogen) atoms. The second-order valence-corrected chi connectivity index (χ2v) is 4.85. The van der Waals surface area contributed by atoms with Crippen molar-refractivity contribution in [3.8, 4) is 11.5 Å². The Morgan fingerprint density at radius 2 is 1.95 bits per heavy atom. The minimum Gasteiger partial charge on any atom is -0.453 e. The van der Waals surface area contributed by atoms with Gasteiger partial charge in [-0.15, -0.1) is 0 Å². The topological polar surface area (TPSA) is 77.3 Å². The average Bonchev–Trinajstić information content (AvgIpc) is 2.43. The van der Waals surface area contributed by atoms with Crippen molar-refractivity contribution in [2.75, 3.05) is 11.9 Å².